The lowest BCUT2D eigenvalue weighted by molar-refractivity contribution is 0.596. The summed E-state index contributed by atoms with van der Waals surface area (Å²) >= 11 is 4.57. The van der Waals surface area contributed by atoms with E-state index < -0.39 is 9.84 Å². The number of rotatable bonds is 3. The zero-order valence-corrected chi connectivity index (χ0v) is 9.67. The Hall–Kier alpha value is 0.0600. The van der Waals surface area contributed by atoms with E-state index in [1.807, 2.05) is 0 Å². The molecule has 0 bridgehead atoms. The predicted molar refractivity (Wildman–Crippen MR) is 53.0 cm³/mol. The summed E-state index contributed by atoms with van der Waals surface area (Å²) in [7, 11) is -2.94. The fraction of sp³-hybridized carbons (Fsp3) is 0.500. The Morgan fingerprint density at radius 2 is 2.33 bits per heavy atom. The second-order valence-electron chi connectivity index (χ2n) is 2.27. The zero-order chi connectivity index (χ0) is 9.19. The average molecular weight is 270 g/mol. The first kappa shape index (κ1) is 10.1. The van der Waals surface area contributed by atoms with Crippen molar-refractivity contribution in [1.29, 1.82) is 0 Å². The van der Waals surface area contributed by atoms with E-state index >= 15 is 0 Å². The number of sulfone groups is 1. The van der Waals surface area contributed by atoms with Crippen LogP contribution in [-0.2, 0) is 15.6 Å². The first-order valence-corrected chi connectivity index (χ1v) is 6.83. The highest BCUT2D eigenvalue weighted by molar-refractivity contribution is 9.11. The minimum Gasteiger partial charge on any atom is -0.233 e. The Labute approximate surface area is 83.9 Å². The molecule has 0 fully saturated rings. The van der Waals surface area contributed by atoms with Crippen molar-refractivity contribution in [3.63, 3.8) is 0 Å². The molecule has 1 aromatic rings. The molecule has 0 radical (unpaired) electrons. The van der Waals surface area contributed by atoms with Crippen LogP contribution in [0.15, 0.2) is 9.30 Å². The maximum Gasteiger partial charge on any atom is 0.159 e. The summed E-state index contributed by atoms with van der Waals surface area (Å²) in [6.45, 7) is 1.64. The molecule has 0 amide bonds. The van der Waals surface area contributed by atoms with Gasteiger partial charge in [-0.05, 0) is 15.9 Å². The number of aromatic nitrogens is 1. The monoisotopic (exact) mass is 269 g/mol. The van der Waals surface area contributed by atoms with Gasteiger partial charge in [0.05, 0.1) is 11.4 Å². The maximum absolute atomic E-state index is 11.1. The highest BCUT2D eigenvalue weighted by Gasteiger charge is 2.10. The summed E-state index contributed by atoms with van der Waals surface area (Å²) in [5.41, 5.74) is 0.619. The Bertz CT molecular complexity index is 357. The van der Waals surface area contributed by atoms with Crippen molar-refractivity contribution in [3.05, 3.63) is 15.0 Å². The number of halogens is 1. The van der Waals surface area contributed by atoms with Crippen LogP contribution in [0.1, 0.15) is 12.6 Å². The molecule has 0 unspecified atom stereocenters. The molecule has 1 aromatic heterocycles. The van der Waals surface area contributed by atoms with E-state index in [2.05, 4.69) is 20.9 Å². The quantitative estimate of drug-likeness (QED) is 0.842. The molecule has 0 aromatic carbocycles. The van der Waals surface area contributed by atoms with Crippen molar-refractivity contribution in [1.82, 2.24) is 4.98 Å². The van der Waals surface area contributed by atoms with Crippen molar-refractivity contribution >= 4 is 37.1 Å². The standard InChI is InChI=1S/C6H8BrNO2S2/c1-2-12(9,10)4-5-3-11-6(7)8-5/h3H,2,4H2,1H3. The SMILES string of the molecule is CCS(=O)(=O)Cc1csc(Br)n1. The maximum atomic E-state index is 11.1. The summed E-state index contributed by atoms with van der Waals surface area (Å²) in [6, 6.07) is 0. The van der Waals surface area contributed by atoms with Crippen molar-refractivity contribution in [2.24, 2.45) is 0 Å². The number of hydrogen-bond acceptors (Lipinski definition) is 4. The van der Waals surface area contributed by atoms with Gasteiger partial charge in [-0.25, -0.2) is 13.4 Å². The van der Waals surface area contributed by atoms with E-state index in [1.165, 1.54) is 11.3 Å². The minimum absolute atomic E-state index is 0.0472. The molecule has 0 saturated heterocycles. The van der Waals surface area contributed by atoms with Crippen LogP contribution >= 0.6 is 27.3 Å². The molecule has 3 nitrogen and oxygen atoms in total. The van der Waals surface area contributed by atoms with Crippen molar-refractivity contribution < 1.29 is 8.42 Å². The Morgan fingerprint density at radius 3 is 2.75 bits per heavy atom. The van der Waals surface area contributed by atoms with E-state index in [9.17, 15) is 8.42 Å². The molecule has 0 N–H and O–H groups in total. The van der Waals surface area contributed by atoms with E-state index in [4.69, 9.17) is 0 Å². The normalized spacial score (nSPS) is 11.8. The molecule has 0 saturated carbocycles. The van der Waals surface area contributed by atoms with Gasteiger partial charge < -0.3 is 0 Å². The first-order valence-electron chi connectivity index (χ1n) is 3.34. The third-order valence-corrected chi connectivity index (χ3v) is 4.36. The molecule has 0 aliphatic rings. The summed E-state index contributed by atoms with van der Waals surface area (Å²) in [6.07, 6.45) is 0. The topological polar surface area (TPSA) is 47.0 Å². The van der Waals surface area contributed by atoms with Gasteiger partial charge in [0.25, 0.3) is 0 Å². The van der Waals surface area contributed by atoms with Gasteiger partial charge in [0.1, 0.15) is 0 Å². The summed E-state index contributed by atoms with van der Waals surface area (Å²) in [5, 5.41) is 1.75. The third kappa shape index (κ3) is 2.84. The number of nitrogens with zero attached hydrogens (tertiary/aromatic N) is 1. The van der Waals surface area contributed by atoms with Gasteiger partial charge in [-0.2, -0.15) is 0 Å². The van der Waals surface area contributed by atoms with Gasteiger partial charge in [0.2, 0.25) is 0 Å². The van der Waals surface area contributed by atoms with Gasteiger partial charge in [-0.15, -0.1) is 11.3 Å². The van der Waals surface area contributed by atoms with Crippen LogP contribution in [0.2, 0.25) is 0 Å². The summed E-state index contributed by atoms with van der Waals surface area (Å²) in [5.74, 6) is 0.216. The molecule has 12 heavy (non-hydrogen) atoms. The molecular weight excluding hydrogens is 262 g/mol. The summed E-state index contributed by atoms with van der Waals surface area (Å²) in [4.78, 5) is 4.00. The zero-order valence-electron chi connectivity index (χ0n) is 6.45. The fourth-order valence-corrected chi connectivity index (χ4v) is 2.63. The van der Waals surface area contributed by atoms with Gasteiger partial charge in [0, 0.05) is 11.1 Å². The average Bonchev–Trinajstić information content (AvgIpc) is 2.35. The lowest BCUT2D eigenvalue weighted by Gasteiger charge is -1.95. The number of thiazole rings is 1. The first-order chi connectivity index (χ1) is 5.53. The third-order valence-electron chi connectivity index (χ3n) is 1.33. The van der Waals surface area contributed by atoms with Crippen LogP contribution in [0.4, 0.5) is 0 Å². The highest BCUT2D eigenvalue weighted by Crippen LogP contribution is 2.17. The molecule has 1 rings (SSSR count). The smallest absolute Gasteiger partial charge is 0.159 e. The highest BCUT2D eigenvalue weighted by atomic mass is 79.9. The molecule has 0 aliphatic carbocycles. The molecule has 0 atom stereocenters. The lowest BCUT2D eigenvalue weighted by atomic mass is 10.6. The van der Waals surface area contributed by atoms with E-state index in [1.54, 1.807) is 12.3 Å². The molecule has 6 heteroatoms. The van der Waals surface area contributed by atoms with E-state index in [-0.39, 0.29) is 11.5 Å². The second-order valence-corrected chi connectivity index (χ2v) is 6.76. The Kier molecular flexibility index (Phi) is 3.25. The minimum atomic E-state index is -2.94. The van der Waals surface area contributed by atoms with Crippen LogP contribution in [-0.4, -0.2) is 19.2 Å². The van der Waals surface area contributed by atoms with Crippen LogP contribution in [0.5, 0.6) is 0 Å². The molecule has 1 heterocycles. The predicted octanol–water partition coefficient (Wildman–Crippen LogP) is 1.84. The van der Waals surface area contributed by atoms with E-state index in [0.29, 0.717) is 5.69 Å². The van der Waals surface area contributed by atoms with Crippen molar-refractivity contribution in [2.75, 3.05) is 5.75 Å². The Morgan fingerprint density at radius 1 is 1.67 bits per heavy atom. The van der Waals surface area contributed by atoms with Crippen LogP contribution < -0.4 is 0 Å². The largest absolute Gasteiger partial charge is 0.233 e. The summed E-state index contributed by atoms with van der Waals surface area (Å²) < 4.78 is 23.0. The van der Waals surface area contributed by atoms with Gasteiger partial charge in [-0.3, -0.25) is 0 Å². The van der Waals surface area contributed by atoms with Gasteiger partial charge in [-0.1, -0.05) is 6.92 Å². The van der Waals surface area contributed by atoms with Crippen molar-refractivity contribution in [3.8, 4) is 0 Å². The lowest BCUT2D eigenvalue weighted by Crippen LogP contribution is -2.06. The van der Waals surface area contributed by atoms with Crippen LogP contribution in [0, 0.1) is 0 Å². The Balaban J connectivity index is 2.77. The molecule has 0 aliphatic heterocycles. The van der Waals surface area contributed by atoms with Crippen molar-refractivity contribution in [2.45, 2.75) is 12.7 Å². The van der Waals surface area contributed by atoms with Crippen LogP contribution in [0.25, 0.3) is 0 Å². The molecule has 68 valence electrons. The molecular formula is C6H8BrNO2S2. The van der Waals surface area contributed by atoms with Crippen LogP contribution in [0.3, 0.4) is 0 Å². The van der Waals surface area contributed by atoms with Gasteiger partial charge in [0.15, 0.2) is 13.8 Å². The van der Waals surface area contributed by atoms with Gasteiger partial charge >= 0.3 is 0 Å². The van der Waals surface area contributed by atoms with E-state index in [0.717, 1.165) is 3.92 Å². The fourth-order valence-electron chi connectivity index (χ4n) is 0.676. The number of hydrogen-bond donors (Lipinski definition) is 0. The molecule has 0 spiro atoms. The second kappa shape index (κ2) is 3.85.